The van der Waals surface area contributed by atoms with Gasteiger partial charge in [-0.05, 0) is 37.3 Å². The van der Waals surface area contributed by atoms with Crippen LogP contribution in [0.25, 0.3) is 0 Å². The van der Waals surface area contributed by atoms with E-state index in [-0.39, 0.29) is 9.92 Å². The molecule has 0 bridgehead atoms. The van der Waals surface area contributed by atoms with Gasteiger partial charge in [0.15, 0.2) is 0 Å². The van der Waals surface area contributed by atoms with Gasteiger partial charge in [-0.15, -0.1) is 11.8 Å². The normalized spacial score (nSPS) is 19.1. The Bertz CT molecular complexity index is 678. The van der Waals surface area contributed by atoms with Crippen molar-refractivity contribution in [2.75, 3.05) is 19.3 Å². The summed E-state index contributed by atoms with van der Waals surface area (Å²) >= 11 is 13.2. The topological polar surface area (TPSA) is 61.2 Å². The van der Waals surface area contributed by atoms with Crippen molar-refractivity contribution in [2.24, 2.45) is 0 Å². The molecule has 4 nitrogen and oxygen atoms in total. The number of hydrogen-bond acceptors (Lipinski definition) is 4. The fourth-order valence-corrected chi connectivity index (χ4v) is 4.75. The Morgan fingerprint density at radius 2 is 1.90 bits per heavy atom. The lowest BCUT2D eigenvalue weighted by atomic mass is 9.99. The van der Waals surface area contributed by atoms with Gasteiger partial charge >= 0.3 is 0 Å². The molecule has 1 aliphatic heterocycles. The summed E-state index contributed by atoms with van der Waals surface area (Å²) in [6, 6.07) is 6.58. The van der Waals surface area contributed by atoms with E-state index in [1.54, 1.807) is 0 Å². The molecule has 114 valence electrons. The minimum atomic E-state index is -3.60. The first-order chi connectivity index (χ1) is 9.84. The Kier molecular flexibility index (Phi) is 5.11. The van der Waals surface area contributed by atoms with Gasteiger partial charge < -0.3 is 0 Å². The zero-order chi connectivity index (χ0) is 15.7. The minimum Gasteiger partial charge on any atom is -0.207 e. The zero-order valence-electron chi connectivity index (χ0n) is 11.3. The highest BCUT2D eigenvalue weighted by Crippen LogP contribution is 2.36. The molecular weight excluding hydrogens is 351 g/mol. The molecule has 1 saturated heterocycles. The highest BCUT2D eigenvalue weighted by Gasteiger charge is 2.38. The maximum Gasteiger partial charge on any atom is 0.243 e. The van der Waals surface area contributed by atoms with Crippen LogP contribution in [0.5, 0.6) is 0 Å². The van der Waals surface area contributed by atoms with E-state index in [1.807, 2.05) is 6.26 Å². The van der Waals surface area contributed by atoms with Crippen LogP contribution in [0, 0.1) is 11.3 Å². The summed E-state index contributed by atoms with van der Waals surface area (Å²) < 4.78 is 26.1. The molecule has 1 heterocycles. The second-order valence-electron chi connectivity index (χ2n) is 4.79. The lowest BCUT2D eigenvalue weighted by molar-refractivity contribution is 0.327. The first kappa shape index (κ1) is 16.9. The molecule has 21 heavy (non-hydrogen) atoms. The number of hydrogen-bond donors (Lipinski definition) is 0. The van der Waals surface area contributed by atoms with Crippen molar-refractivity contribution in [3.63, 3.8) is 0 Å². The first-order valence-corrected chi connectivity index (χ1v) is 9.68. The summed E-state index contributed by atoms with van der Waals surface area (Å²) in [5.74, 6) is 0. The molecule has 2 rings (SSSR count). The predicted molar refractivity (Wildman–Crippen MR) is 86.3 cm³/mol. The molecule has 0 unspecified atom stereocenters. The van der Waals surface area contributed by atoms with Gasteiger partial charge in [0.2, 0.25) is 10.0 Å². The number of thioether (sulfide) groups is 1. The maximum absolute atomic E-state index is 12.6. The predicted octanol–water partition coefficient (Wildman–Crippen LogP) is 3.40. The highest BCUT2D eigenvalue weighted by atomic mass is 35.5. The molecule has 0 amide bonds. The molecule has 1 fully saturated rings. The largest absolute Gasteiger partial charge is 0.243 e. The van der Waals surface area contributed by atoms with Crippen LogP contribution < -0.4 is 0 Å². The van der Waals surface area contributed by atoms with Crippen LogP contribution in [0.1, 0.15) is 12.8 Å². The third kappa shape index (κ3) is 3.33. The van der Waals surface area contributed by atoms with E-state index in [9.17, 15) is 13.7 Å². The maximum atomic E-state index is 12.6. The first-order valence-electron chi connectivity index (χ1n) is 6.26. The Labute approximate surface area is 139 Å². The minimum absolute atomic E-state index is 0.130. The van der Waals surface area contributed by atoms with Crippen LogP contribution in [0.4, 0.5) is 0 Å². The van der Waals surface area contributed by atoms with E-state index in [2.05, 4.69) is 6.07 Å². The van der Waals surface area contributed by atoms with Gasteiger partial charge in [0.25, 0.3) is 0 Å². The molecule has 0 spiro atoms. The summed E-state index contributed by atoms with van der Waals surface area (Å²) in [4.78, 5) is 0.130. The molecule has 0 aromatic heterocycles. The van der Waals surface area contributed by atoms with E-state index in [1.165, 1.54) is 34.3 Å². The van der Waals surface area contributed by atoms with Gasteiger partial charge in [0.1, 0.15) is 4.75 Å². The number of sulfonamides is 1. The number of nitriles is 1. The number of piperidine rings is 1. The van der Waals surface area contributed by atoms with E-state index < -0.39 is 14.8 Å². The molecule has 1 aromatic carbocycles. The molecule has 0 aliphatic carbocycles. The van der Waals surface area contributed by atoms with Crippen LogP contribution in [0.2, 0.25) is 10.0 Å². The van der Waals surface area contributed by atoms with Gasteiger partial charge in [-0.3, -0.25) is 0 Å². The van der Waals surface area contributed by atoms with Crippen LogP contribution in [-0.2, 0) is 10.0 Å². The van der Waals surface area contributed by atoms with Crippen molar-refractivity contribution in [3.05, 3.63) is 28.2 Å². The monoisotopic (exact) mass is 364 g/mol. The molecule has 1 aliphatic rings. The van der Waals surface area contributed by atoms with Crippen molar-refractivity contribution in [1.82, 2.24) is 4.31 Å². The van der Waals surface area contributed by atoms with Crippen molar-refractivity contribution in [1.29, 1.82) is 5.26 Å². The van der Waals surface area contributed by atoms with Crippen LogP contribution in [0.15, 0.2) is 23.1 Å². The Hall–Kier alpha value is -0.450. The lowest BCUT2D eigenvalue weighted by Gasteiger charge is -2.35. The second kappa shape index (κ2) is 6.35. The SMILES string of the molecule is CSC1(C#N)CCN(S(=O)(=O)c2ccc(Cl)c(Cl)c2)CC1. The van der Waals surface area contributed by atoms with Gasteiger partial charge in [0, 0.05) is 13.1 Å². The molecular formula is C13H14Cl2N2O2S2. The summed E-state index contributed by atoms with van der Waals surface area (Å²) in [6.45, 7) is 0.661. The lowest BCUT2D eigenvalue weighted by Crippen LogP contribution is -2.44. The van der Waals surface area contributed by atoms with Crippen molar-refractivity contribution < 1.29 is 8.42 Å². The number of benzene rings is 1. The molecule has 0 radical (unpaired) electrons. The quantitative estimate of drug-likeness (QED) is 0.824. The van der Waals surface area contributed by atoms with Gasteiger partial charge in [-0.2, -0.15) is 9.57 Å². The average molecular weight is 365 g/mol. The second-order valence-corrected chi connectivity index (χ2v) is 8.73. The van der Waals surface area contributed by atoms with E-state index in [0.29, 0.717) is 31.0 Å². The Balaban J connectivity index is 2.23. The summed E-state index contributed by atoms with van der Waals surface area (Å²) in [5.41, 5.74) is 0. The Morgan fingerprint density at radius 3 is 2.38 bits per heavy atom. The van der Waals surface area contributed by atoms with E-state index in [4.69, 9.17) is 23.2 Å². The van der Waals surface area contributed by atoms with Crippen molar-refractivity contribution in [2.45, 2.75) is 22.5 Å². The van der Waals surface area contributed by atoms with Crippen molar-refractivity contribution >= 4 is 45.0 Å². The number of halogens is 2. The fourth-order valence-electron chi connectivity index (χ4n) is 2.24. The smallest absolute Gasteiger partial charge is 0.207 e. The third-order valence-corrected chi connectivity index (χ3v) is 7.57. The number of nitrogens with zero attached hydrogens (tertiary/aromatic N) is 2. The summed E-state index contributed by atoms with van der Waals surface area (Å²) in [6.07, 6.45) is 2.92. The van der Waals surface area contributed by atoms with Gasteiger partial charge in [-0.25, -0.2) is 8.42 Å². The third-order valence-electron chi connectivity index (χ3n) is 3.65. The Morgan fingerprint density at radius 1 is 1.29 bits per heavy atom. The standard InChI is InChI=1S/C13H14Cl2N2O2S2/c1-20-13(9-16)4-6-17(7-5-13)21(18,19)10-2-3-11(14)12(15)8-10/h2-3,8H,4-7H2,1H3. The van der Waals surface area contributed by atoms with E-state index >= 15 is 0 Å². The van der Waals surface area contributed by atoms with Crippen molar-refractivity contribution in [3.8, 4) is 6.07 Å². The van der Waals surface area contributed by atoms with Crippen LogP contribution >= 0.6 is 35.0 Å². The fraction of sp³-hybridized carbons (Fsp3) is 0.462. The summed E-state index contributed by atoms with van der Waals surface area (Å²) in [5, 5.41) is 9.78. The number of rotatable bonds is 3. The zero-order valence-corrected chi connectivity index (χ0v) is 14.5. The highest BCUT2D eigenvalue weighted by molar-refractivity contribution is 8.00. The molecule has 0 saturated carbocycles. The summed E-state index contributed by atoms with van der Waals surface area (Å²) in [7, 11) is -3.60. The van der Waals surface area contributed by atoms with Crippen LogP contribution in [-0.4, -0.2) is 36.8 Å². The molecule has 0 atom stereocenters. The molecule has 1 aromatic rings. The van der Waals surface area contributed by atoms with E-state index in [0.717, 1.165) is 0 Å². The molecule has 0 N–H and O–H groups in total. The van der Waals surface area contributed by atoms with Crippen LogP contribution in [0.3, 0.4) is 0 Å². The van der Waals surface area contributed by atoms with Gasteiger partial charge in [-0.1, -0.05) is 23.2 Å². The average Bonchev–Trinajstić information content (AvgIpc) is 2.50. The van der Waals surface area contributed by atoms with Gasteiger partial charge in [0.05, 0.1) is 21.0 Å². The molecule has 8 heteroatoms.